The first-order valence-corrected chi connectivity index (χ1v) is 5.85. The van der Waals surface area contributed by atoms with Crippen molar-refractivity contribution in [3.8, 4) is 17.2 Å². The molecule has 2 aromatic rings. The molecule has 0 saturated heterocycles. The summed E-state index contributed by atoms with van der Waals surface area (Å²) in [6.07, 6.45) is 0. The zero-order valence-electron chi connectivity index (χ0n) is 8.55. The number of nitrogens with zero attached hydrogens (tertiary/aromatic N) is 1. The molecule has 0 aliphatic heterocycles. The van der Waals surface area contributed by atoms with E-state index in [4.69, 9.17) is 5.26 Å². The third-order valence-electron chi connectivity index (χ3n) is 2.33. The minimum Gasteiger partial charge on any atom is -0.206 e. The second-order valence-electron chi connectivity index (χ2n) is 3.43. The molecule has 0 aliphatic carbocycles. The fourth-order valence-corrected chi connectivity index (χ4v) is 1.95. The maximum absolute atomic E-state index is 13.7. The highest BCUT2D eigenvalue weighted by atomic mass is 127. The summed E-state index contributed by atoms with van der Waals surface area (Å²) in [5, 5.41) is 8.61. The van der Waals surface area contributed by atoms with Gasteiger partial charge in [0, 0.05) is 9.13 Å². The smallest absolute Gasteiger partial charge is 0.141 e. The summed E-state index contributed by atoms with van der Waals surface area (Å²) in [6.45, 7) is 0. The molecule has 0 unspecified atom stereocenters. The van der Waals surface area contributed by atoms with E-state index in [2.05, 4.69) is 0 Å². The molecule has 84 valence electrons. The lowest BCUT2D eigenvalue weighted by Gasteiger charge is -2.04. The van der Waals surface area contributed by atoms with Gasteiger partial charge in [-0.2, -0.15) is 5.26 Å². The molecule has 0 atom stereocenters. The van der Waals surface area contributed by atoms with Crippen LogP contribution in [0.15, 0.2) is 36.4 Å². The van der Waals surface area contributed by atoms with Gasteiger partial charge in [0.2, 0.25) is 0 Å². The van der Waals surface area contributed by atoms with E-state index in [1.807, 2.05) is 22.6 Å². The zero-order chi connectivity index (χ0) is 12.4. The van der Waals surface area contributed by atoms with Gasteiger partial charge in [-0.1, -0.05) is 12.1 Å². The average Bonchev–Trinajstić information content (AvgIpc) is 2.29. The van der Waals surface area contributed by atoms with Crippen LogP contribution in [-0.2, 0) is 0 Å². The summed E-state index contributed by atoms with van der Waals surface area (Å²) >= 11 is 2.00. The van der Waals surface area contributed by atoms with Crippen LogP contribution < -0.4 is 0 Å². The van der Waals surface area contributed by atoms with Gasteiger partial charge in [0.05, 0.1) is 5.56 Å². The van der Waals surface area contributed by atoms with Gasteiger partial charge in [0.15, 0.2) is 0 Å². The minimum absolute atomic E-state index is 0.0420. The van der Waals surface area contributed by atoms with Crippen LogP contribution in [0, 0.1) is 26.5 Å². The van der Waals surface area contributed by atoms with E-state index in [0.717, 1.165) is 3.57 Å². The van der Waals surface area contributed by atoms with Gasteiger partial charge >= 0.3 is 0 Å². The summed E-state index contributed by atoms with van der Waals surface area (Å²) in [7, 11) is 0. The fraction of sp³-hybridized carbons (Fsp3) is 0. The number of benzene rings is 2. The van der Waals surface area contributed by atoms with Crippen LogP contribution >= 0.6 is 22.6 Å². The third-order valence-corrected chi connectivity index (χ3v) is 3.00. The standard InChI is InChI=1S/C13H6F2IN/c14-12-5-8(1-2-9(12)7-17)11-4-3-10(16)6-13(11)15/h1-6H. The van der Waals surface area contributed by atoms with Gasteiger partial charge < -0.3 is 0 Å². The topological polar surface area (TPSA) is 23.8 Å². The SMILES string of the molecule is N#Cc1ccc(-c2ccc(I)cc2F)cc1F. The summed E-state index contributed by atoms with van der Waals surface area (Å²) in [4.78, 5) is 0. The van der Waals surface area contributed by atoms with Crippen molar-refractivity contribution in [2.45, 2.75) is 0 Å². The van der Waals surface area contributed by atoms with Gasteiger partial charge in [-0.05, 0) is 52.4 Å². The Morgan fingerprint density at radius 2 is 1.76 bits per heavy atom. The predicted molar refractivity (Wildman–Crippen MR) is 69.2 cm³/mol. The highest BCUT2D eigenvalue weighted by molar-refractivity contribution is 14.1. The molecule has 0 N–H and O–H groups in total. The summed E-state index contributed by atoms with van der Waals surface area (Å²) in [5.41, 5.74) is 0.712. The first-order valence-electron chi connectivity index (χ1n) is 4.77. The fourth-order valence-electron chi connectivity index (χ4n) is 1.50. The monoisotopic (exact) mass is 341 g/mol. The Bertz CT molecular complexity index is 617. The second-order valence-corrected chi connectivity index (χ2v) is 4.68. The van der Waals surface area contributed by atoms with E-state index in [1.165, 1.54) is 24.3 Å². The normalized spacial score (nSPS) is 10.0. The molecule has 0 amide bonds. The van der Waals surface area contributed by atoms with Crippen molar-refractivity contribution in [3.63, 3.8) is 0 Å². The molecule has 1 nitrogen and oxygen atoms in total. The van der Waals surface area contributed by atoms with Crippen molar-refractivity contribution in [2.75, 3.05) is 0 Å². The molecular weight excluding hydrogens is 335 g/mol. The molecule has 17 heavy (non-hydrogen) atoms. The summed E-state index contributed by atoms with van der Waals surface area (Å²) in [5.74, 6) is -1.04. The van der Waals surface area contributed by atoms with Crippen molar-refractivity contribution in [1.29, 1.82) is 5.26 Å². The number of hydrogen-bond acceptors (Lipinski definition) is 1. The van der Waals surface area contributed by atoms with Gasteiger partial charge in [0.25, 0.3) is 0 Å². The molecule has 4 heteroatoms. The van der Waals surface area contributed by atoms with Crippen LogP contribution in [0.5, 0.6) is 0 Å². The predicted octanol–water partition coefficient (Wildman–Crippen LogP) is 4.11. The lowest BCUT2D eigenvalue weighted by molar-refractivity contribution is 0.621. The zero-order valence-corrected chi connectivity index (χ0v) is 10.7. The molecule has 0 aromatic heterocycles. The van der Waals surface area contributed by atoms with Crippen molar-refractivity contribution < 1.29 is 8.78 Å². The Kier molecular flexibility index (Phi) is 3.38. The van der Waals surface area contributed by atoms with E-state index in [1.54, 1.807) is 18.2 Å². The van der Waals surface area contributed by atoms with Crippen molar-refractivity contribution >= 4 is 22.6 Å². The van der Waals surface area contributed by atoms with E-state index in [9.17, 15) is 8.78 Å². The molecule has 2 rings (SSSR count). The van der Waals surface area contributed by atoms with Gasteiger partial charge in [-0.25, -0.2) is 8.78 Å². The van der Waals surface area contributed by atoms with E-state index in [0.29, 0.717) is 11.1 Å². The van der Waals surface area contributed by atoms with E-state index in [-0.39, 0.29) is 5.56 Å². The highest BCUT2D eigenvalue weighted by Crippen LogP contribution is 2.25. The van der Waals surface area contributed by atoms with Crippen molar-refractivity contribution in [3.05, 3.63) is 57.2 Å². The molecule has 0 saturated carbocycles. The van der Waals surface area contributed by atoms with Crippen LogP contribution in [-0.4, -0.2) is 0 Å². The molecule has 0 fully saturated rings. The Labute approximate surface area is 111 Å². The molecule has 2 aromatic carbocycles. The minimum atomic E-state index is -0.636. The maximum atomic E-state index is 13.7. The van der Waals surface area contributed by atoms with Crippen LogP contribution in [0.4, 0.5) is 8.78 Å². The Balaban J connectivity index is 2.54. The average molecular weight is 341 g/mol. The van der Waals surface area contributed by atoms with Crippen molar-refractivity contribution in [1.82, 2.24) is 0 Å². The van der Waals surface area contributed by atoms with Crippen LogP contribution in [0.25, 0.3) is 11.1 Å². The molecule has 0 aliphatic rings. The lowest BCUT2D eigenvalue weighted by Crippen LogP contribution is -1.89. The van der Waals surface area contributed by atoms with Crippen LogP contribution in [0.1, 0.15) is 5.56 Å². The van der Waals surface area contributed by atoms with Gasteiger partial charge in [-0.3, -0.25) is 0 Å². The summed E-state index contributed by atoms with van der Waals surface area (Å²) in [6, 6.07) is 10.5. The Morgan fingerprint density at radius 1 is 1.00 bits per heavy atom. The van der Waals surface area contributed by atoms with Gasteiger partial charge in [0.1, 0.15) is 17.7 Å². The maximum Gasteiger partial charge on any atom is 0.141 e. The number of hydrogen-bond donors (Lipinski definition) is 0. The third kappa shape index (κ3) is 2.44. The first-order chi connectivity index (χ1) is 8.11. The number of halogens is 3. The molecule has 0 radical (unpaired) electrons. The largest absolute Gasteiger partial charge is 0.206 e. The molecule has 0 heterocycles. The lowest BCUT2D eigenvalue weighted by atomic mass is 10.0. The molecule has 0 bridgehead atoms. The molecule has 0 spiro atoms. The number of rotatable bonds is 1. The van der Waals surface area contributed by atoms with Crippen molar-refractivity contribution in [2.24, 2.45) is 0 Å². The Hall–Kier alpha value is -1.48. The van der Waals surface area contributed by atoms with Crippen LogP contribution in [0.2, 0.25) is 0 Å². The Morgan fingerprint density at radius 3 is 2.35 bits per heavy atom. The van der Waals surface area contributed by atoms with Crippen LogP contribution in [0.3, 0.4) is 0 Å². The van der Waals surface area contributed by atoms with E-state index < -0.39 is 11.6 Å². The molecular formula is C13H6F2IN. The van der Waals surface area contributed by atoms with E-state index >= 15 is 0 Å². The second kappa shape index (κ2) is 4.80. The summed E-state index contributed by atoms with van der Waals surface area (Å²) < 4.78 is 27.8. The van der Waals surface area contributed by atoms with Gasteiger partial charge in [-0.15, -0.1) is 0 Å². The first kappa shape index (κ1) is 12.0. The number of nitriles is 1. The highest BCUT2D eigenvalue weighted by Gasteiger charge is 2.08. The quantitative estimate of drug-likeness (QED) is 0.717.